The van der Waals surface area contributed by atoms with Crippen molar-refractivity contribution in [3.63, 3.8) is 0 Å². The van der Waals surface area contributed by atoms with Crippen molar-refractivity contribution >= 4 is 0 Å². The first-order valence-electron chi connectivity index (χ1n) is 3.66. The molecule has 5 heteroatoms. The third-order valence-electron chi connectivity index (χ3n) is 1.89. The van der Waals surface area contributed by atoms with Crippen molar-refractivity contribution in [2.45, 2.75) is 18.6 Å². The van der Waals surface area contributed by atoms with Crippen molar-refractivity contribution in [3.05, 3.63) is 10.4 Å². The Hall–Kier alpha value is -0.770. The standard InChI is InChI=1S/C6H12N4O/c1-11-6-2-3-8-4-5(6)9-10-7/h5-6,8H,2-4H2,1H3. The number of azide groups is 1. The number of nitrogens with zero attached hydrogens (tertiary/aromatic N) is 3. The Morgan fingerprint density at radius 3 is 3.18 bits per heavy atom. The molecule has 11 heavy (non-hydrogen) atoms. The van der Waals surface area contributed by atoms with Gasteiger partial charge in [0.2, 0.25) is 0 Å². The number of piperidine rings is 1. The second kappa shape index (κ2) is 4.18. The van der Waals surface area contributed by atoms with Gasteiger partial charge in [-0.1, -0.05) is 5.11 Å². The Kier molecular flexibility index (Phi) is 3.16. The van der Waals surface area contributed by atoms with Crippen molar-refractivity contribution in [1.29, 1.82) is 0 Å². The molecule has 0 saturated carbocycles. The van der Waals surface area contributed by atoms with E-state index in [9.17, 15) is 0 Å². The van der Waals surface area contributed by atoms with Crippen molar-refractivity contribution in [2.75, 3.05) is 20.2 Å². The molecule has 5 nitrogen and oxygen atoms in total. The zero-order chi connectivity index (χ0) is 8.10. The van der Waals surface area contributed by atoms with Gasteiger partial charge in [-0.25, -0.2) is 0 Å². The highest BCUT2D eigenvalue weighted by Crippen LogP contribution is 2.10. The minimum Gasteiger partial charge on any atom is -0.381 e. The number of methoxy groups -OCH3 is 1. The molecule has 0 aromatic carbocycles. The SMILES string of the molecule is COC1CCNCC1N=[N+]=[N-]. The average molecular weight is 156 g/mol. The van der Waals surface area contributed by atoms with Crippen molar-refractivity contribution in [3.8, 4) is 0 Å². The van der Waals surface area contributed by atoms with Crippen LogP contribution in [0.2, 0.25) is 0 Å². The second-order valence-electron chi connectivity index (χ2n) is 2.54. The summed E-state index contributed by atoms with van der Waals surface area (Å²) >= 11 is 0. The lowest BCUT2D eigenvalue weighted by molar-refractivity contribution is 0.0608. The molecule has 0 spiro atoms. The van der Waals surface area contributed by atoms with Crippen molar-refractivity contribution < 1.29 is 4.74 Å². The van der Waals surface area contributed by atoms with Crippen LogP contribution >= 0.6 is 0 Å². The van der Waals surface area contributed by atoms with E-state index in [0.29, 0.717) is 0 Å². The lowest BCUT2D eigenvalue weighted by Gasteiger charge is -2.27. The van der Waals surface area contributed by atoms with Gasteiger partial charge in [-0.05, 0) is 18.5 Å². The molecule has 1 saturated heterocycles. The highest BCUT2D eigenvalue weighted by Gasteiger charge is 2.22. The molecule has 0 aromatic rings. The predicted molar refractivity (Wildman–Crippen MR) is 41.2 cm³/mol. The Morgan fingerprint density at radius 2 is 2.55 bits per heavy atom. The lowest BCUT2D eigenvalue weighted by Crippen LogP contribution is -2.43. The molecule has 0 aromatic heterocycles. The molecule has 1 heterocycles. The van der Waals surface area contributed by atoms with E-state index in [1.54, 1.807) is 7.11 Å². The van der Waals surface area contributed by atoms with Crippen LogP contribution in [0, 0.1) is 0 Å². The van der Waals surface area contributed by atoms with Gasteiger partial charge in [0.1, 0.15) is 0 Å². The molecule has 1 fully saturated rings. The topological polar surface area (TPSA) is 70.0 Å². The van der Waals surface area contributed by atoms with Crippen LogP contribution < -0.4 is 5.32 Å². The number of ether oxygens (including phenoxy) is 1. The quantitative estimate of drug-likeness (QED) is 0.362. The molecule has 2 unspecified atom stereocenters. The van der Waals surface area contributed by atoms with E-state index < -0.39 is 0 Å². The van der Waals surface area contributed by atoms with Crippen LogP contribution in [0.25, 0.3) is 10.4 Å². The number of hydrogen-bond donors (Lipinski definition) is 1. The first kappa shape index (κ1) is 8.33. The molecule has 0 amide bonds. The Labute approximate surface area is 65.4 Å². The van der Waals surface area contributed by atoms with Gasteiger partial charge in [0.15, 0.2) is 0 Å². The van der Waals surface area contributed by atoms with E-state index in [1.807, 2.05) is 0 Å². The molecular weight excluding hydrogens is 144 g/mol. The molecule has 0 radical (unpaired) electrons. The summed E-state index contributed by atoms with van der Waals surface area (Å²) in [4.78, 5) is 2.76. The monoisotopic (exact) mass is 156 g/mol. The normalized spacial score (nSPS) is 31.0. The highest BCUT2D eigenvalue weighted by atomic mass is 16.5. The zero-order valence-corrected chi connectivity index (χ0v) is 6.53. The summed E-state index contributed by atoms with van der Waals surface area (Å²) < 4.78 is 5.15. The van der Waals surface area contributed by atoms with Gasteiger partial charge in [-0.2, -0.15) is 0 Å². The summed E-state index contributed by atoms with van der Waals surface area (Å²) in [5.74, 6) is 0. The lowest BCUT2D eigenvalue weighted by atomic mass is 10.1. The maximum Gasteiger partial charge on any atom is 0.0761 e. The van der Waals surface area contributed by atoms with E-state index in [4.69, 9.17) is 10.3 Å². The molecule has 2 atom stereocenters. The van der Waals surface area contributed by atoms with E-state index >= 15 is 0 Å². The number of rotatable bonds is 2. The van der Waals surface area contributed by atoms with E-state index in [2.05, 4.69) is 15.3 Å². The largest absolute Gasteiger partial charge is 0.381 e. The predicted octanol–water partition coefficient (Wildman–Crippen LogP) is 0.674. The number of nitrogens with one attached hydrogen (secondary N) is 1. The Morgan fingerprint density at radius 1 is 1.73 bits per heavy atom. The van der Waals surface area contributed by atoms with Crippen LogP contribution in [-0.2, 0) is 4.74 Å². The molecule has 0 aliphatic carbocycles. The van der Waals surface area contributed by atoms with Crippen LogP contribution in [0.5, 0.6) is 0 Å². The van der Waals surface area contributed by atoms with Crippen LogP contribution in [0.1, 0.15) is 6.42 Å². The molecule has 62 valence electrons. The van der Waals surface area contributed by atoms with Gasteiger partial charge in [-0.3, -0.25) is 0 Å². The summed E-state index contributed by atoms with van der Waals surface area (Å²) in [5, 5.41) is 6.77. The molecular formula is C6H12N4O. The molecule has 1 aliphatic heterocycles. The van der Waals surface area contributed by atoms with Crippen LogP contribution in [-0.4, -0.2) is 32.3 Å². The fourth-order valence-electron chi connectivity index (χ4n) is 1.27. The summed E-state index contributed by atoms with van der Waals surface area (Å²) in [5.41, 5.74) is 8.21. The van der Waals surface area contributed by atoms with Crippen LogP contribution in [0.3, 0.4) is 0 Å². The second-order valence-corrected chi connectivity index (χ2v) is 2.54. The maximum absolute atomic E-state index is 8.21. The summed E-state index contributed by atoms with van der Waals surface area (Å²) in [7, 11) is 1.65. The van der Waals surface area contributed by atoms with Gasteiger partial charge in [0.25, 0.3) is 0 Å². The number of hydrogen-bond acceptors (Lipinski definition) is 3. The van der Waals surface area contributed by atoms with E-state index in [1.165, 1.54) is 0 Å². The van der Waals surface area contributed by atoms with Crippen LogP contribution in [0.15, 0.2) is 5.11 Å². The van der Waals surface area contributed by atoms with Gasteiger partial charge in [0.05, 0.1) is 12.1 Å². The minimum atomic E-state index is -0.0428. The van der Waals surface area contributed by atoms with Crippen molar-refractivity contribution in [1.82, 2.24) is 5.32 Å². The molecule has 1 aliphatic rings. The summed E-state index contributed by atoms with van der Waals surface area (Å²) in [6, 6.07) is -0.0428. The average Bonchev–Trinajstić information content (AvgIpc) is 2.06. The third kappa shape index (κ3) is 2.08. The van der Waals surface area contributed by atoms with Gasteiger partial charge < -0.3 is 10.1 Å². The van der Waals surface area contributed by atoms with Gasteiger partial charge in [-0.15, -0.1) is 0 Å². The van der Waals surface area contributed by atoms with Gasteiger partial charge >= 0.3 is 0 Å². The van der Waals surface area contributed by atoms with Gasteiger partial charge in [0, 0.05) is 18.6 Å². The van der Waals surface area contributed by atoms with Crippen molar-refractivity contribution in [2.24, 2.45) is 5.11 Å². The third-order valence-corrected chi connectivity index (χ3v) is 1.89. The van der Waals surface area contributed by atoms with E-state index in [0.717, 1.165) is 19.5 Å². The fourth-order valence-corrected chi connectivity index (χ4v) is 1.27. The van der Waals surface area contributed by atoms with E-state index in [-0.39, 0.29) is 12.1 Å². The maximum atomic E-state index is 8.21. The summed E-state index contributed by atoms with van der Waals surface area (Å²) in [6.07, 6.45) is 1.01. The molecule has 1 N–H and O–H groups in total. The van der Waals surface area contributed by atoms with Crippen LogP contribution in [0.4, 0.5) is 0 Å². The summed E-state index contributed by atoms with van der Waals surface area (Å²) in [6.45, 7) is 1.67. The Bertz CT molecular complexity index is 166. The highest BCUT2D eigenvalue weighted by molar-refractivity contribution is 4.84. The Balaban J connectivity index is 2.50. The zero-order valence-electron chi connectivity index (χ0n) is 6.53. The first-order chi connectivity index (χ1) is 5.38. The molecule has 0 bridgehead atoms. The smallest absolute Gasteiger partial charge is 0.0761 e. The fraction of sp³-hybridized carbons (Fsp3) is 1.00. The first-order valence-corrected chi connectivity index (χ1v) is 3.66. The minimum absolute atomic E-state index is 0.0428. The molecule has 1 rings (SSSR count).